The lowest BCUT2D eigenvalue weighted by Gasteiger charge is -2.37. The Bertz CT molecular complexity index is 925. The molecule has 2 bridgehead atoms. The first-order valence-electron chi connectivity index (χ1n) is 10.2. The SMILES string of the molecule is CC1(C)C2CCC1(CC(=O)C(c1ccccc1)C(O)c1ccc(Cl)nc1)C(=O)C2. The van der Waals surface area contributed by atoms with Crippen LogP contribution in [0.4, 0.5) is 0 Å². The normalized spacial score (nSPS) is 27.0. The number of hydrogen-bond donors (Lipinski definition) is 1. The minimum Gasteiger partial charge on any atom is -0.387 e. The van der Waals surface area contributed by atoms with E-state index in [1.807, 2.05) is 30.3 Å². The summed E-state index contributed by atoms with van der Waals surface area (Å²) >= 11 is 5.88. The monoisotopic (exact) mass is 411 g/mol. The molecule has 4 unspecified atom stereocenters. The Balaban J connectivity index is 1.69. The van der Waals surface area contributed by atoms with Gasteiger partial charge in [-0.25, -0.2) is 4.98 Å². The van der Waals surface area contributed by atoms with E-state index in [1.54, 1.807) is 12.1 Å². The van der Waals surface area contributed by atoms with Crippen LogP contribution >= 0.6 is 11.6 Å². The highest BCUT2D eigenvalue weighted by Gasteiger charge is 2.64. The fourth-order valence-corrected chi connectivity index (χ4v) is 5.66. The molecule has 4 nitrogen and oxygen atoms in total. The zero-order chi connectivity index (χ0) is 20.8. The van der Waals surface area contributed by atoms with Crippen LogP contribution in [-0.2, 0) is 9.59 Å². The van der Waals surface area contributed by atoms with Crippen molar-refractivity contribution in [3.63, 3.8) is 0 Å². The summed E-state index contributed by atoms with van der Waals surface area (Å²) in [6.07, 6.45) is 2.95. The molecule has 0 amide bonds. The van der Waals surface area contributed by atoms with Gasteiger partial charge in [0, 0.05) is 24.5 Å². The summed E-state index contributed by atoms with van der Waals surface area (Å²) in [4.78, 5) is 30.6. The summed E-state index contributed by atoms with van der Waals surface area (Å²) < 4.78 is 0. The lowest BCUT2D eigenvalue weighted by Crippen LogP contribution is -2.39. The van der Waals surface area contributed by atoms with Gasteiger partial charge in [-0.1, -0.05) is 61.8 Å². The van der Waals surface area contributed by atoms with Crippen molar-refractivity contribution in [1.29, 1.82) is 0 Å². The summed E-state index contributed by atoms with van der Waals surface area (Å²) in [7, 11) is 0. The number of halogens is 1. The van der Waals surface area contributed by atoms with Crippen LogP contribution in [-0.4, -0.2) is 21.7 Å². The number of ketones is 2. The van der Waals surface area contributed by atoms with Crippen molar-refractivity contribution >= 4 is 23.2 Å². The number of aromatic nitrogens is 1. The molecular weight excluding hydrogens is 386 g/mol. The second-order valence-corrected chi connectivity index (χ2v) is 9.44. The van der Waals surface area contributed by atoms with Crippen molar-refractivity contribution in [3.8, 4) is 0 Å². The first kappa shape index (κ1) is 20.2. The van der Waals surface area contributed by atoms with Crippen molar-refractivity contribution in [3.05, 3.63) is 64.9 Å². The van der Waals surface area contributed by atoms with Crippen LogP contribution in [0.3, 0.4) is 0 Å². The van der Waals surface area contributed by atoms with Gasteiger partial charge < -0.3 is 5.11 Å². The minimum atomic E-state index is -1.05. The predicted molar refractivity (Wildman–Crippen MR) is 112 cm³/mol. The second-order valence-electron chi connectivity index (χ2n) is 9.06. The highest BCUT2D eigenvalue weighted by molar-refractivity contribution is 6.29. The molecule has 2 aromatic rings. The largest absolute Gasteiger partial charge is 0.387 e. The standard InChI is InChI=1S/C24H26ClNO3/c1-23(2)17-10-11-24(23,19(28)12-17)13-18(27)21(15-6-4-3-5-7-15)22(29)16-8-9-20(25)26-14-16/h3-9,14,17,21-22,29H,10-13H2,1-2H3. The summed E-state index contributed by atoms with van der Waals surface area (Å²) in [5.41, 5.74) is 0.484. The third-order valence-electron chi connectivity index (χ3n) is 7.53. The molecule has 29 heavy (non-hydrogen) atoms. The Labute approximate surface area is 176 Å². The van der Waals surface area contributed by atoms with Crippen LogP contribution in [0.15, 0.2) is 48.7 Å². The van der Waals surface area contributed by atoms with E-state index < -0.39 is 17.4 Å². The lowest BCUT2D eigenvalue weighted by molar-refractivity contribution is -0.137. The molecule has 1 N–H and O–H groups in total. The summed E-state index contributed by atoms with van der Waals surface area (Å²) in [6.45, 7) is 4.25. The molecule has 4 atom stereocenters. The van der Waals surface area contributed by atoms with E-state index in [-0.39, 0.29) is 23.4 Å². The maximum Gasteiger partial charge on any atom is 0.144 e. The fraction of sp³-hybridized carbons (Fsp3) is 0.458. The van der Waals surface area contributed by atoms with Crippen LogP contribution in [0.5, 0.6) is 0 Å². The van der Waals surface area contributed by atoms with Gasteiger partial charge in [0.2, 0.25) is 0 Å². The van der Waals surface area contributed by atoms with E-state index in [2.05, 4.69) is 18.8 Å². The van der Waals surface area contributed by atoms with Gasteiger partial charge in [-0.05, 0) is 41.4 Å². The highest BCUT2D eigenvalue weighted by atomic mass is 35.5. The molecule has 2 aliphatic rings. The van der Waals surface area contributed by atoms with E-state index >= 15 is 0 Å². The van der Waals surface area contributed by atoms with E-state index in [0.717, 1.165) is 18.4 Å². The van der Waals surface area contributed by atoms with Gasteiger partial charge in [0.15, 0.2) is 0 Å². The van der Waals surface area contributed by atoms with Crippen molar-refractivity contribution in [1.82, 2.24) is 4.98 Å². The van der Waals surface area contributed by atoms with Crippen LogP contribution < -0.4 is 0 Å². The molecule has 0 saturated heterocycles. The van der Waals surface area contributed by atoms with E-state index in [1.165, 1.54) is 6.20 Å². The minimum absolute atomic E-state index is 0.0948. The molecule has 0 radical (unpaired) electrons. The number of carbonyl (C=O) groups is 2. The topological polar surface area (TPSA) is 67.3 Å². The van der Waals surface area contributed by atoms with Gasteiger partial charge in [-0.2, -0.15) is 0 Å². The van der Waals surface area contributed by atoms with Gasteiger partial charge in [-0.15, -0.1) is 0 Å². The molecule has 1 aromatic carbocycles. The smallest absolute Gasteiger partial charge is 0.144 e. The van der Waals surface area contributed by atoms with Gasteiger partial charge in [0.25, 0.3) is 0 Å². The van der Waals surface area contributed by atoms with Crippen LogP contribution in [0.1, 0.15) is 62.7 Å². The molecule has 0 spiro atoms. The van der Waals surface area contributed by atoms with E-state index in [4.69, 9.17) is 11.6 Å². The van der Waals surface area contributed by atoms with Gasteiger partial charge in [-0.3, -0.25) is 9.59 Å². The molecule has 0 aliphatic heterocycles. The molecule has 4 rings (SSSR count). The van der Waals surface area contributed by atoms with E-state index in [0.29, 0.717) is 23.1 Å². The fourth-order valence-electron chi connectivity index (χ4n) is 5.55. The molecular formula is C24H26ClNO3. The number of pyridine rings is 1. The number of carbonyl (C=O) groups excluding carboxylic acids is 2. The number of rotatable bonds is 6. The maximum atomic E-state index is 13.6. The molecule has 152 valence electrons. The zero-order valence-corrected chi connectivity index (χ0v) is 17.5. The van der Waals surface area contributed by atoms with Crippen molar-refractivity contribution in [2.45, 2.75) is 51.6 Å². The second kappa shape index (κ2) is 7.33. The Morgan fingerprint density at radius 3 is 2.48 bits per heavy atom. The lowest BCUT2D eigenvalue weighted by atomic mass is 9.64. The van der Waals surface area contributed by atoms with Gasteiger partial charge in [0.05, 0.1) is 12.0 Å². The van der Waals surface area contributed by atoms with Gasteiger partial charge >= 0.3 is 0 Å². The first-order chi connectivity index (χ1) is 13.8. The number of nitrogens with zero attached hydrogens (tertiary/aromatic N) is 1. The summed E-state index contributed by atoms with van der Waals surface area (Å²) in [5.74, 6) is -0.288. The molecule has 1 heterocycles. The molecule has 5 heteroatoms. The number of benzene rings is 1. The van der Waals surface area contributed by atoms with Crippen LogP contribution in [0.2, 0.25) is 5.15 Å². The van der Waals surface area contributed by atoms with Crippen LogP contribution in [0.25, 0.3) is 0 Å². The maximum absolute atomic E-state index is 13.6. The molecule has 2 fully saturated rings. The third kappa shape index (κ3) is 3.23. The van der Waals surface area contributed by atoms with Crippen LogP contribution in [0, 0.1) is 16.7 Å². The number of Topliss-reactive ketones (excluding diaryl/α,β-unsaturated/α-hetero) is 2. The number of fused-ring (bicyclic) bond motifs is 2. The van der Waals surface area contributed by atoms with Crippen molar-refractivity contribution in [2.24, 2.45) is 16.7 Å². The Morgan fingerprint density at radius 2 is 1.93 bits per heavy atom. The average Bonchev–Trinajstić information content (AvgIpc) is 3.04. The number of aliphatic hydroxyl groups excluding tert-OH is 1. The average molecular weight is 412 g/mol. The molecule has 1 aromatic heterocycles. The molecule has 2 aliphatic carbocycles. The highest BCUT2D eigenvalue weighted by Crippen LogP contribution is 2.65. The summed E-state index contributed by atoms with van der Waals surface area (Å²) in [6, 6.07) is 12.6. The van der Waals surface area contributed by atoms with Crippen molar-refractivity contribution < 1.29 is 14.7 Å². The quantitative estimate of drug-likeness (QED) is 0.686. The predicted octanol–water partition coefficient (Wildman–Crippen LogP) is 4.91. The zero-order valence-electron chi connectivity index (χ0n) is 16.8. The summed E-state index contributed by atoms with van der Waals surface area (Å²) in [5, 5.41) is 11.5. The van der Waals surface area contributed by atoms with Crippen molar-refractivity contribution in [2.75, 3.05) is 0 Å². The van der Waals surface area contributed by atoms with E-state index in [9.17, 15) is 14.7 Å². The first-order valence-corrected chi connectivity index (χ1v) is 10.5. The Morgan fingerprint density at radius 1 is 1.21 bits per heavy atom. The van der Waals surface area contributed by atoms with Gasteiger partial charge in [0.1, 0.15) is 16.7 Å². The Hall–Kier alpha value is -2.04. The Kier molecular flexibility index (Phi) is 5.12. The molecule has 2 saturated carbocycles. The number of hydrogen-bond acceptors (Lipinski definition) is 4. The number of aliphatic hydroxyl groups is 1. The third-order valence-corrected chi connectivity index (χ3v) is 7.75.